The second-order valence-corrected chi connectivity index (χ2v) is 4.18. The molecule has 0 bridgehead atoms. The molecule has 0 saturated heterocycles. The molecule has 0 fully saturated rings. The maximum atomic E-state index is 13.1. The summed E-state index contributed by atoms with van der Waals surface area (Å²) in [7, 11) is 0. The van der Waals surface area contributed by atoms with Crippen molar-refractivity contribution in [2.24, 2.45) is 5.73 Å². The van der Waals surface area contributed by atoms with E-state index in [2.05, 4.69) is 4.98 Å². The lowest BCUT2D eigenvalue weighted by atomic mass is 10.2. The maximum Gasteiger partial charge on any atom is 0.311 e. The van der Waals surface area contributed by atoms with E-state index in [0.717, 1.165) is 18.2 Å². The highest BCUT2D eigenvalue weighted by atomic mass is 19.1. The monoisotopic (exact) mass is 277 g/mol. The molecule has 2 aromatic rings. The number of nitrogens with two attached hydrogens (primary N) is 1. The van der Waals surface area contributed by atoms with E-state index in [1.54, 1.807) is 19.1 Å². The number of nitrogens with zero attached hydrogens (tertiary/aromatic N) is 2. The van der Waals surface area contributed by atoms with Crippen LogP contribution in [0, 0.1) is 15.9 Å². The van der Waals surface area contributed by atoms with E-state index in [1.807, 2.05) is 0 Å². The van der Waals surface area contributed by atoms with Gasteiger partial charge < -0.3 is 10.5 Å². The lowest BCUT2D eigenvalue weighted by molar-refractivity contribution is -0.385. The summed E-state index contributed by atoms with van der Waals surface area (Å²) in [5.74, 6) is -0.529. The summed E-state index contributed by atoms with van der Waals surface area (Å²) in [6.45, 7) is 1.78. The Bertz CT molecular complexity index is 629. The molecule has 6 nitrogen and oxygen atoms in total. The number of aromatic nitrogens is 1. The first kappa shape index (κ1) is 13.9. The van der Waals surface area contributed by atoms with Gasteiger partial charge in [0, 0.05) is 18.2 Å². The van der Waals surface area contributed by atoms with Gasteiger partial charge in [-0.25, -0.2) is 4.39 Å². The van der Waals surface area contributed by atoms with Gasteiger partial charge in [0.1, 0.15) is 11.6 Å². The number of benzene rings is 1. The Morgan fingerprint density at radius 1 is 1.40 bits per heavy atom. The Labute approximate surface area is 114 Å². The third-order valence-corrected chi connectivity index (χ3v) is 2.57. The van der Waals surface area contributed by atoms with Gasteiger partial charge in [0.15, 0.2) is 0 Å². The van der Waals surface area contributed by atoms with Crippen LogP contribution in [0.5, 0.6) is 11.5 Å². The number of hydrogen-bond donors (Lipinski definition) is 1. The maximum absolute atomic E-state index is 13.1. The molecule has 104 valence electrons. The summed E-state index contributed by atoms with van der Waals surface area (Å²) in [6.07, 6.45) is 1.38. The highest BCUT2D eigenvalue weighted by Crippen LogP contribution is 2.31. The Balaban J connectivity index is 2.29. The van der Waals surface area contributed by atoms with E-state index in [0.29, 0.717) is 5.69 Å². The third-order valence-electron chi connectivity index (χ3n) is 2.57. The van der Waals surface area contributed by atoms with Crippen molar-refractivity contribution in [2.75, 3.05) is 0 Å². The predicted octanol–water partition coefficient (Wildman–Crippen LogP) is 2.94. The summed E-state index contributed by atoms with van der Waals surface area (Å²) in [5, 5.41) is 10.8. The van der Waals surface area contributed by atoms with Crippen LogP contribution in [0.1, 0.15) is 18.7 Å². The minimum absolute atomic E-state index is 0.176. The Hall–Kier alpha value is -2.54. The number of ether oxygens (including phenoxy) is 1. The molecule has 1 atom stereocenters. The van der Waals surface area contributed by atoms with Crippen LogP contribution < -0.4 is 10.5 Å². The van der Waals surface area contributed by atoms with Crippen LogP contribution in [0.15, 0.2) is 36.5 Å². The first-order valence-corrected chi connectivity index (χ1v) is 5.80. The number of pyridine rings is 1. The summed E-state index contributed by atoms with van der Waals surface area (Å²) in [5.41, 5.74) is 6.00. The summed E-state index contributed by atoms with van der Waals surface area (Å²) >= 11 is 0. The summed E-state index contributed by atoms with van der Waals surface area (Å²) < 4.78 is 18.4. The van der Waals surface area contributed by atoms with Crippen LogP contribution in [0.3, 0.4) is 0 Å². The number of hydrogen-bond acceptors (Lipinski definition) is 5. The molecule has 0 spiro atoms. The van der Waals surface area contributed by atoms with Crippen molar-refractivity contribution in [1.29, 1.82) is 0 Å². The zero-order valence-corrected chi connectivity index (χ0v) is 10.6. The fraction of sp³-hybridized carbons (Fsp3) is 0.154. The van der Waals surface area contributed by atoms with Crippen LogP contribution in [-0.4, -0.2) is 9.91 Å². The van der Waals surface area contributed by atoms with Crippen molar-refractivity contribution in [3.05, 3.63) is 58.2 Å². The molecule has 1 unspecified atom stereocenters. The molecule has 1 heterocycles. The van der Waals surface area contributed by atoms with E-state index < -0.39 is 10.7 Å². The van der Waals surface area contributed by atoms with Gasteiger partial charge in [0.2, 0.25) is 5.75 Å². The molecule has 1 aromatic heterocycles. The molecule has 0 aliphatic rings. The van der Waals surface area contributed by atoms with Gasteiger partial charge >= 0.3 is 5.69 Å². The topological polar surface area (TPSA) is 91.3 Å². The second-order valence-electron chi connectivity index (χ2n) is 4.18. The largest absolute Gasteiger partial charge is 0.448 e. The standard InChI is InChI=1S/C13H12FN3O3/c1-8(15)11-4-3-10(7-16-11)20-13-6-9(14)2-5-12(13)17(18)19/h2-8H,15H2,1H3. The van der Waals surface area contributed by atoms with E-state index in [1.165, 1.54) is 6.20 Å². The highest BCUT2D eigenvalue weighted by molar-refractivity contribution is 5.48. The second kappa shape index (κ2) is 5.62. The molecule has 0 aliphatic carbocycles. The first-order valence-electron chi connectivity index (χ1n) is 5.80. The number of nitro groups is 1. The number of nitro benzene ring substituents is 1. The molecular formula is C13H12FN3O3. The zero-order valence-electron chi connectivity index (χ0n) is 10.6. The Kier molecular flexibility index (Phi) is 3.90. The van der Waals surface area contributed by atoms with Crippen LogP contribution >= 0.6 is 0 Å². The first-order chi connectivity index (χ1) is 9.47. The molecule has 7 heteroatoms. The van der Waals surface area contributed by atoms with Crippen molar-refractivity contribution in [2.45, 2.75) is 13.0 Å². The van der Waals surface area contributed by atoms with Gasteiger partial charge in [0.05, 0.1) is 16.8 Å². The van der Waals surface area contributed by atoms with Crippen molar-refractivity contribution in [1.82, 2.24) is 4.98 Å². The van der Waals surface area contributed by atoms with E-state index >= 15 is 0 Å². The smallest absolute Gasteiger partial charge is 0.311 e. The zero-order chi connectivity index (χ0) is 14.7. The van der Waals surface area contributed by atoms with Crippen LogP contribution in [0.2, 0.25) is 0 Å². The molecule has 2 rings (SSSR count). The quantitative estimate of drug-likeness (QED) is 0.685. The highest BCUT2D eigenvalue weighted by Gasteiger charge is 2.16. The summed E-state index contributed by atoms with van der Waals surface area (Å²) in [4.78, 5) is 14.3. The minimum atomic E-state index is -0.640. The normalized spacial score (nSPS) is 11.9. The number of rotatable bonds is 4. The molecule has 0 amide bonds. The van der Waals surface area contributed by atoms with Crippen molar-refractivity contribution in [3.8, 4) is 11.5 Å². The van der Waals surface area contributed by atoms with Gasteiger partial charge in [0.25, 0.3) is 0 Å². The van der Waals surface area contributed by atoms with Crippen LogP contribution in [-0.2, 0) is 0 Å². The lowest BCUT2D eigenvalue weighted by Crippen LogP contribution is -2.06. The van der Waals surface area contributed by atoms with Gasteiger partial charge in [-0.1, -0.05) is 0 Å². The molecule has 0 radical (unpaired) electrons. The lowest BCUT2D eigenvalue weighted by Gasteiger charge is -2.08. The van der Waals surface area contributed by atoms with Gasteiger partial charge in [-0.2, -0.15) is 0 Å². The van der Waals surface area contributed by atoms with Crippen LogP contribution in [0.4, 0.5) is 10.1 Å². The molecular weight excluding hydrogens is 265 g/mol. The van der Waals surface area contributed by atoms with Crippen molar-refractivity contribution >= 4 is 5.69 Å². The van der Waals surface area contributed by atoms with Crippen molar-refractivity contribution in [3.63, 3.8) is 0 Å². The molecule has 0 saturated carbocycles. The molecule has 20 heavy (non-hydrogen) atoms. The average Bonchev–Trinajstić information content (AvgIpc) is 2.39. The molecule has 1 aromatic carbocycles. The van der Waals surface area contributed by atoms with E-state index in [4.69, 9.17) is 10.5 Å². The van der Waals surface area contributed by atoms with Gasteiger partial charge in [-0.15, -0.1) is 0 Å². The average molecular weight is 277 g/mol. The Morgan fingerprint density at radius 3 is 2.70 bits per heavy atom. The predicted molar refractivity (Wildman–Crippen MR) is 70.0 cm³/mol. The summed E-state index contributed by atoms with van der Waals surface area (Å²) in [6, 6.07) is 5.99. The van der Waals surface area contributed by atoms with Gasteiger partial charge in [-0.05, 0) is 25.1 Å². The third kappa shape index (κ3) is 3.07. The fourth-order valence-corrected chi connectivity index (χ4v) is 1.57. The SMILES string of the molecule is CC(N)c1ccc(Oc2cc(F)ccc2[N+](=O)[O-])cn1. The van der Waals surface area contributed by atoms with E-state index in [-0.39, 0.29) is 23.2 Å². The van der Waals surface area contributed by atoms with Crippen LogP contribution in [0.25, 0.3) is 0 Å². The molecule has 2 N–H and O–H groups in total. The van der Waals surface area contributed by atoms with E-state index in [9.17, 15) is 14.5 Å². The van der Waals surface area contributed by atoms with Gasteiger partial charge in [-0.3, -0.25) is 15.1 Å². The minimum Gasteiger partial charge on any atom is -0.448 e. The fourth-order valence-electron chi connectivity index (χ4n) is 1.57. The number of halogens is 1. The Morgan fingerprint density at radius 2 is 2.15 bits per heavy atom. The van der Waals surface area contributed by atoms with Crippen molar-refractivity contribution < 1.29 is 14.1 Å². The molecule has 0 aliphatic heterocycles.